The second kappa shape index (κ2) is 5.59. The minimum absolute atomic E-state index is 0.365. The van der Waals surface area contributed by atoms with Gasteiger partial charge in [0.15, 0.2) is 11.5 Å². The maximum atomic E-state index is 11.9. The van der Waals surface area contributed by atoms with Gasteiger partial charge in [-0.1, -0.05) is 0 Å². The summed E-state index contributed by atoms with van der Waals surface area (Å²) < 4.78 is 5.84. The summed E-state index contributed by atoms with van der Waals surface area (Å²) in [6.07, 6.45) is 0.793. The van der Waals surface area contributed by atoms with Crippen molar-refractivity contribution in [2.75, 3.05) is 13.7 Å². The van der Waals surface area contributed by atoms with Gasteiger partial charge in [0.25, 0.3) is 0 Å². The SMILES string of the molecule is COC(=O)c1nc(-c2ccc(Br)s2)nc2c1CNCC2. The van der Waals surface area contributed by atoms with Crippen LogP contribution in [0.2, 0.25) is 0 Å². The predicted molar refractivity (Wildman–Crippen MR) is 79.8 cm³/mol. The lowest BCUT2D eigenvalue weighted by Crippen LogP contribution is -2.28. The van der Waals surface area contributed by atoms with Gasteiger partial charge in [-0.05, 0) is 28.1 Å². The fourth-order valence-corrected chi connectivity index (χ4v) is 3.47. The van der Waals surface area contributed by atoms with Crippen LogP contribution in [-0.2, 0) is 17.7 Å². The molecule has 0 spiro atoms. The Bertz CT molecular complexity index is 672. The van der Waals surface area contributed by atoms with Gasteiger partial charge in [0.2, 0.25) is 0 Å². The highest BCUT2D eigenvalue weighted by Crippen LogP contribution is 2.30. The van der Waals surface area contributed by atoms with Gasteiger partial charge in [0, 0.05) is 25.1 Å². The number of rotatable bonds is 2. The van der Waals surface area contributed by atoms with Gasteiger partial charge in [-0.25, -0.2) is 14.8 Å². The van der Waals surface area contributed by atoms with Crippen molar-refractivity contribution in [3.05, 3.63) is 32.9 Å². The summed E-state index contributed by atoms with van der Waals surface area (Å²) in [4.78, 5) is 21.9. The van der Waals surface area contributed by atoms with E-state index >= 15 is 0 Å². The Morgan fingerprint density at radius 1 is 1.45 bits per heavy atom. The van der Waals surface area contributed by atoms with E-state index in [1.165, 1.54) is 7.11 Å². The summed E-state index contributed by atoms with van der Waals surface area (Å²) in [6.45, 7) is 1.46. The third-order valence-electron chi connectivity index (χ3n) is 3.11. The zero-order chi connectivity index (χ0) is 14.1. The second-order valence-corrected chi connectivity index (χ2v) is 6.81. The molecule has 0 bridgehead atoms. The zero-order valence-corrected chi connectivity index (χ0v) is 13.2. The van der Waals surface area contributed by atoms with E-state index in [-0.39, 0.29) is 0 Å². The molecular weight excluding hydrogens is 342 g/mol. The molecule has 1 aliphatic rings. The van der Waals surface area contributed by atoms with Gasteiger partial charge in [0.1, 0.15) is 0 Å². The lowest BCUT2D eigenvalue weighted by molar-refractivity contribution is 0.0592. The number of hydrogen-bond acceptors (Lipinski definition) is 6. The van der Waals surface area contributed by atoms with Crippen molar-refractivity contribution in [1.82, 2.24) is 15.3 Å². The summed E-state index contributed by atoms with van der Waals surface area (Å²) >= 11 is 4.97. The molecule has 7 heteroatoms. The van der Waals surface area contributed by atoms with Crippen molar-refractivity contribution in [1.29, 1.82) is 0 Å². The van der Waals surface area contributed by atoms with Gasteiger partial charge in [-0.15, -0.1) is 11.3 Å². The monoisotopic (exact) mass is 353 g/mol. The van der Waals surface area contributed by atoms with E-state index < -0.39 is 5.97 Å². The van der Waals surface area contributed by atoms with Crippen LogP contribution >= 0.6 is 27.3 Å². The van der Waals surface area contributed by atoms with E-state index in [2.05, 4.69) is 31.2 Å². The van der Waals surface area contributed by atoms with Crippen LogP contribution in [0.3, 0.4) is 0 Å². The van der Waals surface area contributed by atoms with E-state index in [9.17, 15) is 4.79 Å². The number of halogens is 1. The van der Waals surface area contributed by atoms with Gasteiger partial charge in [0.05, 0.1) is 21.5 Å². The molecule has 3 rings (SSSR count). The first-order chi connectivity index (χ1) is 9.69. The molecule has 0 aliphatic carbocycles. The van der Waals surface area contributed by atoms with Crippen LogP contribution in [-0.4, -0.2) is 29.6 Å². The Hall–Kier alpha value is -1.31. The summed E-state index contributed by atoms with van der Waals surface area (Å²) in [5.41, 5.74) is 2.14. The number of esters is 1. The van der Waals surface area contributed by atoms with E-state index in [1.807, 2.05) is 12.1 Å². The predicted octanol–water partition coefficient (Wildman–Crippen LogP) is 2.40. The molecule has 0 aromatic carbocycles. The number of nitrogens with zero attached hydrogens (tertiary/aromatic N) is 2. The minimum atomic E-state index is -0.413. The lowest BCUT2D eigenvalue weighted by atomic mass is 10.1. The number of methoxy groups -OCH3 is 1. The normalized spacial score (nSPS) is 13.9. The number of nitrogens with one attached hydrogen (secondary N) is 1. The average Bonchev–Trinajstić information content (AvgIpc) is 2.92. The fraction of sp³-hybridized carbons (Fsp3) is 0.308. The molecule has 0 fully saturated rings. The topological polar surface area (TPSA) is 64.1 Å². The first-order valence-corrected chi connectivity index (χ1v) is 7.74. The summed E-state index contributed by atoms with van der Waals surface area (Å²) in [6, 6.07) is 3.89. The molecule has 0 unspecified atom stereocenters. The van der Waals surface area contributed by atoms with E-state index in [4.69, 9.17) is 4.74 Å². The average molecular weight is 354 g/mol. The van der Waals surface area contributed by atoms with Crippen LogP contribution in [0.5, 0.6) is 0 Å². The van der Waals surface area contributed by atoms with Crippen LogP contribution in [0, 0.1) is 0 Å². The van der Waals surface area contributed by atoms with Crippen molar-refractivity contribution in [3.63, 3.8) is 0 Å². The molecular formula is C13H12BrN3O2S. The molecule has 3 heterocycles. The highest BCUT2D eigenvalue weighted by Gasteiger charge is 2.23. The van der Waals surface area contributed by atoms with Crippen molar-refractivity contribution in [2.45, 2.75) is 13.0 Å². The van der Waals surface area contributed by atoms with E-state index in [1.54, 1.807) is 11.3 Å². The standard InChI is InChI=1S/C13H12BrN3O2S/c1-19-13(18)11-7-6-15-5-4-8(7)16-12(17-11)9-2-3-10(14)20-9/h2-3,15H,4-6H2,1H3. The summed E-state index contributed by atoms with van der Waals surface area (Å²) in [7, 11) is 1.37. The lowest BCUT2D eigenvalue weighted by Gasteiger charge is -2.18. The largest absolute Gasteiger partial charge is 0.464 e. The zero-order valence-electron chi connectivity index (χ0n) is 10.8. The summed E-state index contributed by atoms with van der Waals surface area (Å²) in [5.74, 6) is 0.172. The molecule has 0 radical (unpaired) electrons. The van der Waals surface area contributed by atoms with Gasteiger partial charge >= 0.3 is 5.97 Å². The third-order valence-corrected chi connectivity index (χ3v) is 4.73. The molecule has 20 heavy (non-hydrogen) atoms. The van der Waals surface area contributed by atoms with Crippen LogP contribution in [0.25, 0.3) is 10.7 Å². The maximum absolute atomic E-state index is 11.9. The number of carbonyl (C=O) groups excluding carboxylic acids is 1. The van der Waals surface area contributed by atoms with Crippen LogP contribution in [0.15, 0.2) is 15.9 Å². The highest BCUT2D eigenvalue weighted by molar-refractivity contribution is 9.11. The van der Waals surface area contributed by atoms with Gasteiger partial charge in [-0.3, -0.25) is 0 Å². The molecule has 0 atom stereocenters. The van der Waals surface area contributed by atoms with E-state index in [0.717, 1.165) is 32.9 Å². The molecule has 5 nitrogen and oxygen atoms in total. The van der Waals surface area contributed by atoms with Crippen LogP contribution < -0.4 is 5.32 Å². The number of thiophene rings is 1. The number of aromatic nitrogens is 2. The first kappa shape index (κ1) is 13.7. The number of carbonyl (C=O) groups is 1. The maximum Gasteiger partial charge on any atom is 0.357 e. The van der Waals surface area contributed by atoms with Crippen molar-refractivity contribution in [2.24, 2.45) is 0 Å². The molecule has 1 aliphatic heterocycles. The molecule has 0 saturated heterocycles. The van der Waals surface area contributed by atoms with Crippen molar-refractivity contribution < 1.29 is 9.53 Å². The number of fused-ring (bicyclic) bond motifs is 1. The Labute approximate surface area is 128 Å². The Kier molecular flexibility index (Phi) is 3.82. The molecule has 2 aromatic heterocycles. The van der Waals surface area contributed by atoms with Crippen molar-refractivity contribution >= 4 is 33.2 Å². The number of ether oxygens (including phenoxy) is 1. The Morgan fingerprint density at radius 2 is 2.30 bits per heavy atom. The smallest absolute Gasteiger partial charge is 0.357 e. The first-order valence-electron chi connectivity index (χ1n) is 6.13. The molecule has 0 amide bonds. The number of hydrogen-bond donors (Lipinski definition) is 1. The Balaban J connectivity index is 2.15. The molecule has 1 N–H and O–H groups in total. The Morgan fingerprint density at radius 3 is 3.00 bits per heavy atom. The van der Waals surface area contributed by atoms with Gasteiger partial charge < -0.3 is 10.1 Å². The molecule has 2 aromatic rings. The quantitative estimate of drug-likeness (QED) is 0.839. The second-order valence-electron chi connectivity index (χ2n) is 4.34. The fourth-order valence-electron chi connectivity index (χ4n) is 2.15. The highest BCUT2D eigenvalue weighted by atomic mass is 79.9. The minimum Gasteiger partial charge on any atom is -0.464 e. The summed E-state index contributed by atoms with van der Waals surface area (Å²) in [5, 5.41) is 3.23. The molecule has 104 valence electrons. The van der Waals surface area contributed by atoms with E-state index in [0.29, 0.717) is 18.1 Å². The van der Waals surface area contributed by atoms with Crippen LogP contribution in [0.1, 0.15) is 21.7 Å². The van der Waals surface area contributed by atoms with Crippen LogP contribution in [0.4, 0.5) is 0 Å². The van der Waals surface area contributed by atoms with Crippen molar-refractivity contribution in [3.8, 4) is 10.7 Å². The molecule has 0 saturated carbocycles. The van der Waals surface area contributed by atoms with Gasteiger partial charge in [-0.2, -0.15) is 0 Å². The third kappa shape index (κ3) is 2.48.